The topological polar surface area (TPSA) is 93.7 Å². The highest BCUT2D eigenvalue weighted by Gasteiger charge is 2.26. The molecule has 208 valence electrons. The highest BCUT2D eigenvalue weighted by Crippen LogP contribution is 2.33. The van der Waals surface area contributed by atoms with Crippen LogP contribution in [0.3, 0.4) is 0 Å². The third kappa shape index (κ3) is 6.03. The highest BCUT2D eigenvalue weighted by molar-refractivity contribution is 7.89. The van der Waals surface area contributed by atoms with Gasteiger partial charge in [-0.25, -0.2) is 8.42 Å². The predicted molar refractivity (Wildman–Crippen MR) is 160 cm³/mol. The van der Waals surface area contributed by atoms with Gasteiger partial charge in [-0.1, -0.05) is 60.1 Å². The SMILES string of the molecule is O=S(=O)(c1ccc(-c2ccc3nncc(Nc4ccc(OCc5ccccc5)c(Cl)c4)c3c2)cc1)N1CCOCC1. The Labute approximate surface area is 243 Å². The Balaban J connectivity index is 1.22. The molecule has 1 N–H and O–H groups in total. The van der Waals surface area contributed by atoms with Crippen LogP contribution in [0.4, 0.5) is 11.4 Å². The smallest absolute Gasteiger partial charge is 0.243 e. The molecule has 0 aliphatic carbocycles. The lowest BCUT2D eigenvalue weighted by molar-refractivity contribution is 0.0730. The van der Waals surface area contributed by atoms with E-state index < -0.39 is 10.0 Å². The van der Waals surface area contributed by atoms with Gasteiger partial charge in [0.1, 0.15) is 12.4 Å². The van der Waals surface area contributed by atoms with E-state index in [4.69, 9.17) is 21.1 Å². The standard InChI is InChI=1S/C31H27ClN4O4S/c32-28-19-25(9-13-31(28)40-21-22-4-2-1-3-5-22)34-30-20-33-35-29-12-8-24(18-27(29)30)23-6-10-26(11-7-23)41(37,38)36-14-16-39-17-15-36/h1-13,18-20H,14-17,21H2,(H,34,35). The van der Waals surface area contributed by atoms with Crippen molar-refractivity contribution in [1.82, 2.24) is 14.5 Å². The predicted octanol–water partition coefficient (Wildman–Crippen LogP) is 6.29. The van der Waals surface area contributed by atoms with Crippen LogP contribution in [0.25, 0.3) is 22.0 Å². The molecule has 41 heavy (non-hydrogen) atoms. The summed E-state index contributed by atoms with van der Waals surface area (Å²) in [6, 6.07) is 28.3. The molecule has 8 nitrogen and oxygen atoms in total. The molecule has 1 saturated heterocycles. The Morgan fingerprint density at radius 3 is 2.41 bits per heavy atom. The monoisotopic (exact) mass is 586 g/mol. The fourth-order valence-electron chi connectivity index (χ4n) is 4.68. The Morgan fingerprint density at radius 2 is 1.66 bits per heavy atom. The summed E-state index contributed by atoms with van der Waals surface area (Å²) >= 11 is 6.53. The van der Waals surface area contributed by atoms with E-state index in [1.165, 1.54) is 4.31 Å². The second-order valence-corrected chi connectivity index (χ2v) is 11.9. The van der Waals surface area contributed by atoms with Crippen LogP contribution in [0.15, 0.2) is 102 Å². The first-order chi connectivity index (χ1) is 20.0. The van der Waals surface area contributed by atoms with Gasteiger partial charge in [-0.3, -0.25) is 0 Å². The van der Waals surface area contributed by atoms with Gasteiger partial charge in [0.2, 0.25) is 10.0 Å². The number of fused-ring (bicyclic) bond motifs is 1. The van der Waals surface area contributed by atoms with Crippen LogP contribution in [0.1, 0.15) is 5.56 Å². The third-order valence-corrected chi connectivity index (χ3v) is 9.09. The van der Waals surface area contributed by atoms with E-state index in [0.29, 0.717) is 43.7 Å². The van der Waals surface area contributed by atoms with E-state index >= 15 is 0 Å². The lowest BCUT2D eigenvalue weighted by atomic mass is 10.0. The number of hydrogen-bond donors (Lipinski definition) is 1. The van der Waals surface area contributed by atoms with E-state index in [1.54, 1.807) is 18.3 Å². The van der Waals surface area contributed by atoms with Crippen LogP contribution < -0.4 is 10.1 Å². The molecular weight excluding hydrogens is 560 g/mol. The second-order valence-electron chi connectivity index (χ2n) is 9.58. The number of aromatic nitrogens is 2. The van der Waals surface area contributed by atoms with Gasteiger partial charge in [-0.15, -0.1) is 0 Å². The minimum atomic E-state index is -3.56. The lowest BCUT2D eigenvalue weighted by Crippen LogP contribution is -2.40. The summed E-state index contributed by atoms with van der Waals surface area (Å²) in [5.41, 5.74) is 5.13. The van der Waals surface area contributed by atoms with Gasteiger partial charge in [0, 0.05) is 24.2 Å². The molecule has 2 heterocycles. The van der Waals surface area contributed by atoms with Crippen LogP contribution in [0.5, 0.6) is 5.75 Å². The number of nitrogens with one attached hydrogen (secondary N) is 1. The number of rotatable bonds is 8. The molecule has 4 aromatic carbocycles. The molecule has 1 aliphatic heterocycles. The molecule has 10 heteroatoms. The average Bonchev–Trinajstić information content (AvgIpc) is 3.02. The molecule has 0 spiro atoms. The molecule has 0 amide bonds. The highest BCUT2D eigenvalue weighted by atomic mass is 35.5. The number of sulfonamides is 1. The van der Waals surface area contributed by atoms with Crippen molar-refractivity contribution in [2.75, 3.05) is 31.6 Å². The molecule has 1 aliphatic rings. The zero-order valence-electron chi connectivity index (χ0n) is 22.0. The van der Waals surface area contributed by atoms with Crippen molar-refractivity contribution in [3.8, 4) is 16.9 Å². The zero-order valence-corrected chi connectivity index (χ0v) is 23.6. The third-order valence-electron chi connectivity index (χ3n) is 6.88. The molecule has 0 atom stereocenters. The van der Waals surface area contributed by atoms with Crippen molar-refractivity contribution >= 4 is 43.9 Å². The Kier molecular flexibility index (Phi) is 7.84. The molecule has 0 bridgehead atoms. The van der Waals surface area contributed by atoms with Crippen molar-refractivity contribution in [3.63, 3.8) is 0 Å². The first-order valence-corrected chi connectivity index (χ1v) is 15.0. The van der Waals surface area contributed by atoms with Crippen molar-refractivity contribution < 1.29 is 17.9 Å². The second kappa shape index (κ2) is 11.8. The number of benzene rings is 4. The molecule has 1 fully saturated rings. The lowest BCUT2D eigenvalue weighted by Gasteiger charge is -2.26. The first kappa shape index (κ1) is 27.2. The average molecular weight is 587 g/mol. The van der Waals surface area contributed by atoms with Crippen LogP contribution in [0, 0.1) is 0 Å². The van der Waals surface area contributed by atoms with E-state index in [-0.39, 0.29) is 4.90 Å². The zero-order chi connectivity index (χ0) is 28.2. The normalized spacial score (nSPS) is 14.2. The number of ether oxygens (including phenoxy) is 2. The van der Waals surface area contributed by atoms with Gasteiger partial charge in [-0.2, -0.15) is 14.5 Å². The molecule has 0 radical (unpaired) electrons. The molecule has 0 unspecified atom stereocenters. The molecular formula is C31H27ClN4O4S. The number of anilines is 2. The summed E-state index contributed by atoms with van der Waals surface area (Å²) < 4.78 is 38.7. The van der Waals surface area contributed by atoms with Crippen LogP contribution >= 0.6 is 11.6 Å². The molecule has 0 saturated carbocycles. The van der Waals surface area contributed by atoms with E-state index in [9.17, 15) is 8.42 Å². The van der Waals surface area contributed by atoms with Crippen molar-refractivity contribution in [2.24, 2.45) is 0 Å². The summed E-state index contributed by atoms with van der Waals surface area (Å²) in [5.74, 6) is 0.597. The van der Waals surface area contributed by atoms with E-state index in [2.05, 4.69) is 15.5 Å². The van der Waals surface area contributed by atoms with Gasteiger partial charge in [0.05, 0.1) is 40.5 Å². The van der Waals surface area contributed by atoms with Crippen molar-refractivity contribution in [2.45, 2.75) is 11.5 Å². The Bertz CT molecular complexity index is 1780. The Hall–Kier alpha value is -4.02. The number of morpholine rings is 1. The fraction of sp³-hybridized carbons (Fsp3) is 0.161. The minimum absolute atomic E-state index is 0.269. The van der Waals surface area contributed by atoms with Crippen LogP contribution in [-0.4, -0.2) is 49.2 Å². The van der Waals surface area contributed by atoms with Gasteiger partial charge in [0.25, 0.3) is 0 Å². The number of nitrogens with zero attached hydrogens (tertiary/aromatic N) is 3. The molecule has 5 aromatic rings. The summed E-state index contributed by atoms with van der Waals surface area (Å²) in [6.45, 7) is 1.97. The minimum Gasteiger partial charge on any atom is -0.487 e. The maximum Gasteiger partial charge on any atom is 0.243 e. The Morgan fingerprint density at radius 1 is 0.902 bits per heavy atom. The number of halogens is 1. The van der Waals surface area contributed by atoms with E-state index in [1.807, 2.05) is 78.9 Å². The fourth-order valence-corrected chi connectivity index (χ4v) is 6.32. The van der Waals surface area contributed by atoms with Crippen LogP contribution in [-0.2, 0) is 21.4 Å². The molecule has 6 rings (SSSR count). The van der Waals surface area contributed by atoms with Gasteiger partial charge < -0.3 is 14.8 Å². The first-order valence-electron chi connectivity index (χ1n) is 13.1. The summed E-state index contributed by atoms with van der Waals surface area (Å²) in [6.07, 6.45) is 1.66. The van der Waals surface area contributed by atoms with E-state index in [0.717, 1.165) is 39.0 Å². The van der Waals surface area contributed by atoms with Crippen LogP contribution in [0.2, 0.25) is 5.02 Å². The summed E-state index contributed by atoms with van der Waals surface area (Å²) in [4.78, 5) is 0.269. The number of hydrogen-bond acceptors (Lipinski definition) is 7. The van der Waals surface area contributed by atoms with Gasteiger partial charge >= 0.3 is 0 Å². The van der Waals surface area contributed by atoms with Gasteiger partial charge in [-0.05, 0) is 59.2 Å². The van der Waals surface area contributed by atoms with Crippen molar-refractivity contribution in [1.29, 1.82) is 0 Å². The summed E-state index contributed by atoms with van der Waals surface area (Å²) in [5, 5.41) is 13.2. The quantitative estimate of drug-likeness (QED) is 0.228. The maximum absolute atomic E-state index is 13.0. The van der Waals surface area contributed by atoms with Crippen molar-refractivity contribution in [3.05, 3.63) is 108 Å². The largest absolute Gasteiger partial charge is 0.487 e. The summed E-state index contributed by atoms with van der Waals surface area (Å²) in [7, 11) is -3.56. The molecule has 1 aromatic heterocycles. The maximum atomic E-state index is 13.0. The van der Waals surface area contributed by atoms with Gasteiger partial charge in [0.15, 0.2) is 0 Å².